The average molecular weight is 326 g/mol. The molecule has 0 spiro atoms. The number of aliphatic hydroxyl groups excluding tert-OH is 1. The molecule has 1 atom stereocenters. The van der Waals surface area contributed by atoms with Crippen LogP contribution in [0.2, 0.25) is 0 Å². The van der Waals surface area contributed by atoms with Crippen LogP contribution in [-0.4, -0.2) is 18.3 Å². The summed E-state index contributed by atoms with van der Waals surface area (Å²) in [6, 6.07) is 16.0. The third kappa shape index (κ3) is 4.30. The largest absolute Gasteiger partial charge is 0.493 e. The molecule has 1 aliphatic carbocycles. The molecule has 24 heavy (non-hydrogen) atoms. The minimum absolute atomic E-state index is 0.274. The van der Waals surface area contributed by atoms with Crippen LogP contribution in [0.5, 0.6) is 11.5 Å². The number of ether oxygens (including phenoxy) is 2. The van der Waals surface area contributed by atoms with E-state index in [0.29, 0.717) is 6.42 Å². The van der Waals surface area contributed by atoms with Crippen molar-refractivity contribution in [2.45, 2.75) is 50.7 Å². The number of hydrogen-bond donors (Lipinski definition) is 1. The lowest BCUT2D eigenvalue weighted by Gasteiger charge is -2.18. The Morgan fingerprint density at radius 3 is 2.50 bits per heavy atom. The van der Waals surface area contributed by atoms with Gasteiger partial charge in [0.05, 0.1) is 19.3 Å². The van der Waals surface area contributed by atoms with Crippen molar-refractivity contribution < 1.29 is 14.6 Å². The second-order valence-corrected chi connectivity index (χ2v) is 6.47. The first-order valence-electron chi connectivity index (χ1n) is 8.83. The molecule has 0 heterocycles. The van der Waals surface area contributed by atoms with Crippen LogP contribution in [-0.2, 0) is 6.42 Å². The second-order valence-electron chi connectivity index (χ2n) is 6.47. The summed E-state index contributed by atoms with van der Waals surface area (Å²) in [5, 5.41) is 10.5. The van der Waals surface area contributed by atoms with Crippen LogP contribution < -0.4 is 9.47 Å². The summed E-state index contributed by atoms with van der Waals surface area (Å²) in [5.41, 5.74) is 2.13. The third-order valence-corrected chi connectivity index (χ3v) is 4.72. The standard InChI is InChI=1S/C21H26O3/c1-23-20-14-12-17(15-21(20)24-18-9-5-6-10-18)19(22)13-11-16-7-3-2-4-8-16/h2-4,7-8,12,14-15,18-19,22H,5-6,9-11,13H2,1H3. The molecule has 1 aliphatic rings. The summed E-state index contributed by atoms with van der Waals surface area (Å²) >= 11 is 0. The van der Waals surface area contributed by atoms with Gasteiger partial charge in [-0.15, -0.1) is 0 Å². The molecule has 128 valence electrons. The molecule has 1 unspecified atom stereocenters. The second kappa shape index (κ2) is 8.20. The SMILES string of the molecule is COc1ccc(C(O)CCc2ccccc2)cc1OC1CCCC1. The molecule has 0 aromatic heterocycles. The van der Waals surface area contributed by atoms with E-state index in [1.807, 2.05) is 36.4 Å². The Morgan fingerprint density at radius 2 is 1.79 bits per heavy atom. The highest BCUT2D eigenvalue weighted by Gasteiger charge is 2.19. The summed E-state index contributed by atoms with van der Waals surface area (Å²) in [6.45, 7) is 0. The van der Waals surface area contributed by atoms with Crippen LogP contribution in [0.1, 0.15) is 49.3 Å². The lowest BCUT2D eigenvalue weighted by Crippen LogP contribution is -2.12. The van der Waals surface area contributed by atoms with Crippen LogP contribution in [0.25, 0.3) is 0 Å². The van der Waals surface area contributed by atoms with Gasteiger partial charge in [0.15, 0.2) is 11.5 Å². The highest BCUT2D eigenvalue weighted by molar-refractivity contribution is 5.43. The van der Waals surface area contributed by atoms with E-state index in [1.54, 1.807) is 7.11 Å². The quantitative estimate of drug-likeness (QED) is 0.802. The Balaban J connectivity index is 1.67. The van der Waals surface area contributed by atoms with Crippen molar-refractivity contribution in [3.05, 3.63) is 59.7 Å². The van der Waals surface area contributed by atoms with Gasteiger partial charge in [0.25, 0.3) is 0 Å². The first kappa shape index (κ1) is 16.8. The fraction of sp³-hybridized carbons (Fsp3) is 0.429. The van der Waals surface area contributed by atoms with E-state index < -0.39 is 6.10 Å². The van der Waals surface area contributed by atoms with Crippen molar-refractivity contribution in [3.8, 4) is 11.5 Å². The molecule has 0 radical (unpaired) electrons. The highest BCUT2D eigenvalue weighted by Crippen LogP contribution is 2.34. The Hall–Kier alpha value is -2.00. The molecule has 2 aromatic rings. The molecule has 1 saturated carbocycles. The zero-order valence-corrected chi connectivity index (χ0v) is 14.3. The summed E-state index contributed by atoms with van der Waals surface area (Å²) in [6.07, 6.45) is 5.98. The van der Waals surface area contributed by atoms with Crippen molar-refractivity contribution >= 4 is 0 Å². The first-order valence-corrected chi connectivity index (χ1v) is 8.83. The maximum atomic E-state index is 10.5. The van der Waals surface area contributed by atoms with Crippen LogP contribution in [0.15, 0.2) is 48.5 Å². The monoisotopic (exact) mass is 326 g/mol. The molecule has 2 aromatic carbocycles. The number of aryl methyl sites for hydroxylation is 1. The van der Waals surface area contributed by atoms with Crippen LogP contribution in [0, 0.1) is 0 Å². The van der Waals surface area contributed by atoms with Crippen molar-refractivity contribution in [3.63, 3.8) is 0 Å². The van der Waals surface area contributed by atoms with Crippen molar-refractivity contribution in [2.75, 3.05) is 7.11 Å². The van der Waals surface area contributed by atoms with Gasteiger partial charge >= 0.3 is 0 Å². The van der Waals surface area contributed by atoms with Crippen LogP contribution in [0.3, 0.4) is 0 Å². The summed E-state index contributed by atoms with van der Waals surface area (Å²) < 4.78 is 11.5. The third-order valence-electron chi connectivity index (χ3n) is 4.72. The zero-order valence-electron chi connectivity index (χ0n) is 14.3. The lowest BCUT2D eigenvalue weighted by atomic mass is 10.0. The predicted octanol–water partition coefficient (Wildman–Crippen LogP) is 4.68. The van der Waals surface area contributed by atoms with Crippen LogP contribution >= 0.6 is 0 Å². The summed E-state index contributed by atoms with van der Waals surface area (Å²) in [4.78, 5) is 0. The predicted molar refractivity (Wildman–Crippen MR) is 95.6 cm³/mol. The minimum atomic E-state index is -0.498. The molecule has 1 fully saturated rings. The topological polar surface area (TPSA) is 38.7 Å². The number of hydrogen-bond acceptors (Lipinski definition) is 3. The van der Waals surface area contributed by atoms with Crippen molar-refractivity contribution in [1.29, 1.82) is 0 Å². The van der Waals surface area contributed by atoms with Gasteiger partial charge in [0, 0.05) is 0 Å². The zero-order chi connectivity index (χ0) is 16.8. The van der Waals surface area contributed by atoms with E-state index in [2.05, 4.69) is 12.1 Å². The fourth-order valence-electron chi connectivity index (χ4n) is 3.29. The van der Waals surface area contributed by atoms with Gasteiger partial charge in [0.2, 0.25) is 0 Å². The number of methoxy groups -OCH3 is 1. The maximum Gasteiger partial charge on any atom is 0.161 e. The molecular weight excluding hydrogens is 300 g/mol. The van der Waals surface area contributed by atoms with E-state index in [-0.39, 0.29) is 6.10 Å². The molecular formula is C21H26O3. The number of rotatable bonds is 7. The molecule has 0 aliphatic heterocycles. The average Bonchev–Trinajstić information content (AvgIpc) is 3.13. The van der Waals surface area contributed by atoms with Gasteiger partial charge in [-0.25, -0.2) is 0 Å². The van der Waals surface area contributed by atoms with E-state index in [0.717, 1.165) is 36.3 Å². The number of benzene rings is 2. The number of aliphatic hydroxyl groups is 1. The molecule has 0 saturated heterocycles. The molecule has 3 rings (SSSR count). The first-order chi connectivity index (χ1) is 11.8. The van der Waals surface area contributed by atoms with Gasteiger partial charge in [-0.2, -0.15) is 0 Å². The van der Waals surface area contributed by atoms with Gasteiger partial charge in [-0.3, -0.25) is 0 Å². The molecule has 3 heteroatoms. The Labute approximate surface area is 144 Å². The molecule has 0 bridgehead atoms. The van der Waals surface area contributed by atoms with E-state index in [4.69, 9.17) is 9.47 Å². The highest BCUT2D eigenvalue weighted by atomic mass is 16.5. The molecule has 3 nitrogen and oxygen atoms in total. The van der Waals surface area contributed by atoms with Gasteiger partial charge in [-0.05, 0) is 61.8 Å². The lowest BCUT2D eigenvalue weighted by molar-refractivity contribution is 0.165. The van der Waals surface area contributed by atoms with E-state index in [1.165, 1.54) is 18.4 Å². The van der Waals surface area contributed by atoms with Gasteiger partial charge in [-0.1, -0.05) is 36.4 Å². The minimum Gasteiger partial charge on any atom is -0.493 e. The molecule has 0 amide bonds. The smallest absolute Gasteiger partial charge is 0.161 e. The van der Waals surface area contributed by atoms with E-state index >= 15 is 0 Å². The summed E-state index contributed by atoms with van der Waals surface area (Å²) in [5.74, 6) is 1.49. The Bertz CT molecular complexity index is 633. The van der Waals surface area contributed by atoms with Gasteiger partial charge < -0.3 is 14.6 Å². The Morgan fingerprint density at radius 1 is 1.04 bits per heavy atom. The maximum absolute atomic E-state index is 10.5. The van der Waals surface area contributed by atoms with Crippen LogP contribution in [0.4, 0.5) is 0 Å². The van der Waals surface area contributed by atoms with Crippen molar-refractivity contribution in [2.24, 2.45) is 0 Å². The normalized spacial score (nSPS) is 16.1. The molecule has 1 N–H and O–H groups in total. The van der Waals surface area contributed by atoms with Crippen molar-refractivity contribution in [1.82, 2.24) is 0 Å². The fourth-order valence-corrected chi connectivity index (χ4v) is 3.29. The van der Waals surface area contributed by atoms with Gasteiger partial charge in [0.1, 0.15) is 0 Å². The Kier molecular flexibility index (Phi) is 5.76. The van der Waals surface area contributed by atoms with E-state index in [9.17, 15) is 5.11 Å². The summed E-state index contributed by atoms with van der Waals surface area (Å²) in [7, 11) is 1.66.